The van der Waals surface area contributed by atoms with Gasteiger partial charge in [-0.3, -0.25) is 4.98 Å². The normalized spacial score (nSPS) is 11.6. The predicted octanol–water partition coefficient (Wildman–Crippen LogP) is 4.30. The van der Waals surface area contributed by atoms with Crippen molar-refractivity contribution >= 4 is 0 Å². The number of pyridine rings is 1. The Morgan fingerprint density at radius 3 is 2.58 bits per heavy atom. The van der Waals surface area contributed by atoms with Gasteiger partial charge in [0, 0.05) is 24.4 Å². The standard InChI is InChI=1S/C21H20F2N6O2/c1-4-16-11-14(9-10-24-16)12-29-13(2)25-19(27-29)20-26-18(28-31-20)15-5-7-17(8-6-15)30-21(3,22)23/h5-11H,4,12H2,1-3H3. The van der Waals surface area contributed by atoms with E-state index in [4.69, 9.17) is 4.52 Å². The van der Waals surface area contributed by atoms with Crippen LogP contribution in [0.1, 0.15) is 30.9 Å². The fraction of sp³-hybridized carbons (Fsp3) is 0.286. The van der Waals surface area contributed by atoms with Gasteiger partial charge in [0.15, 0.2) is 0 Å². The molecule has 4 rings (SSSR count). The van der Waals surface area contributed by atoms with E-state index in [0.717, 1.165) is 17.7 Å². The highest BCUT2D eigenvalue weighted by Crippen LogP contribution is 2.25. The first kappa shape index (κ1) is 20.6. The molecule has 0 fully saturated rings. The molecule has 0 aliphatic heterocycles. The topological polar surface area (TPSA) is 91.8 Å². The second kappa shape index (κ2) is 8.21. The minimum Gasteiger partial charge on any atom is -0.433 e. The molecule has 3 heterocycles. The first-order valence-electron chi connectivity index (χ1n) is 9.67. The molecule has 0 N–H and O–H groups in total. The maximum absolute atomic E-state index is 13.0. The van der Waals surface area contributed by atoms with Gasteiger partial charge in [0.2, 0.25) is 11.6 Å². The largest absolute Gasteiger partial charge is 0.433 e. The first-order chi connectivity index (χ1) is 14.8. The zero-order valence-corrected chi connectivity index (χ0v) is 17.2. The van der Waals surface area contributed by atoms with Crippen LogP contribution in [0.25, 0.3) is 23.1 Å². The van der Waals surface area contributed by atoms with Gasteiger partial charge in [-0.2, -0.15) is 13.8 Å². The fourth-order valence-corrected chi connectivity index (χ4v) is 2.96. The van der Waals surface area contributed by atoms with Gasteiger partial charge in [0.1, 0.15) is 11.6 Å². The zero-order chi connectivity index (χ0) is 22.0. The van der Waals surface area contributed by atoms with Crippen molar-refractivity contribution in [1.29, 1.82) is 0 Å². The van der Waals surface area contributed by atoms with Crippen molar-refractivity contribution < 1.29 is 18.0 Å². The summed E-state index contributed by atoms with van der Waals surface area (Å²) in [5.41, 5.74) is 2.66. The number of hydrogen-bond donors (Lipinski definition) is 0. The van der Waals surface area contributed by atoms with Crippen molar-refractivity contribution in [3.8, 4) is 28.9 Å². The Kier molecular flexibility index (Phi) is 5.45. The Labute approximate surface area is 176 Å². The number of benzene rings is 1. The summed E-state index contributed by atoms with van der Waals surface area (Å²) in [7, 11) is 0. The Hall–Kier alpha value is -3.69. The van der Waals surface area contributed by atoms with Crippen LogP contribution in [0.5, 0.6) is 5.75 Å². The van der Waals surface area contributed by atoms with E-state index in [1.54, 1.807) is 23.0 Å². The van der Waals surface area contributed by atoms with Crippen molar-refractivity contribution in [3.63, 3.8) is 0 Å². The van der Waals surface area contributed by atoms with Crippen molar-refractivity contribution in [2.75, 3.05) is 0 Å². The number of aryl methyl sites for hydroxylation is 2. The van der Waals surface area contributed by atoms with Crippen LogP contribution in [-0.4, -0.2) is 36.0 Å². The minimum atomic E-state index is -3.25. The average Bonchev–Trinajstić information content (AvgIpc) is 3.35. The molecule has 160 valence electrons. The summed E-state index contributed by atoms with van der Waals surface area (Å²) in [4.78, 5) is 13.1. The molecule has 0 radical (unpaired) electrons. The molecule has 0 amide bonds. The van der Waals surface area contributed by atoms with Crippen LogP contribution in [-0.2, 0) is 13.0 Å². The molecule has 0 spiro atoms. The lowest BCUT2D eigenvalue weighted by Crippen LogP contribution is -2.18. The lowest BCUT2D eigenvalue weighted by molar-refractivity contribution is -0.158. The number of aromatic nitrogens is 6. The number of nitrogens with zero attached hydrogens (tertiary/aromatic N) is 6. The van der Waals surface area contributed by atoms with Gasteiger partial charge in [-0.05, 0) is 55.3 Å². The third-order valence-electron chi connectivity index (χ3n) is 4.46. The highest BCUT2D eigenvalue weighted by atomic mass is 19.3. The number of halogens is 2. The monoisotopic (exact) mass is 426 g/mol. The minimum absolute atomic E-state index is 0.0401. The number of ether oxygens (including phenoxy) is 1. The molecule has 1 aromatic carbocycles. The lowest BCUT2D eigenvalue weighted by Gasteiger charge is -2.12. The highest BCUT2D eigenvalue weighted by Gasteiger charge is 2.23. The molecule has 4 aromatic rings. The molecule has 0 unspecified atom stereocenters. The summed E-state index contributed by atoms with van der Waals surface area (Å²) in [6.45, 7) is 5.12. The molecule has 31 heavy (non-hydrogen) atoms. The molecular formula is C21H20F2N6O2. The molecule has 8 nitrogen and oxygen atoms in total. The maximum atomic E-state index is 13.0. The number of hydrogen-bond acceptors (Lipinski definition) is 7. The molecule has 3 aromatic heterocycles. The summed E-state index contributed by atoms with van der Waals surface area (Å²) in [6, 6.07) is 9.95. The second-order valence-corrected chi connectivity index (χ2v) is 7.01. The third kappa shape index (κ3) is 4.90. The van der Waals surface area contributed by atoms with Crippen LogP contribution in [0.2, 0.25) is 0 Å². The van der Waals surface area contributed by atoms with Crippen LogP contribution in [0.4, 0.5) is 8.78 Å². The fourth-order valence-electron chi connectivity index (χ4n) is 2.96. The Balaban J connectivity index is 1.52. The predicted molar refractivity (Wildman–Crippen MR) is 107 cm³/mol. The summed E-state index contributed by atoms with van der Waals surface area (Å²) in [5, 5.41) is 8.42. The summed E-state index contributed by atoms with van der Waals surface area (Å²) in [5.74, 6) is 1.51. The van der Waals surface area contributed by atoms with Gasteiger partial charge in [0.05, 0.1) is 6.54 Å². The van der Waals surface area contributed by atoms with Gasteiger partial charge in [-0.15, -0.1) is 5.10 Å². The quantitative estimate of drug-likeness (QED) is 0.435. The van der Waals surface area contributed by atoms with Crippen molar-refractivity contribution in [1.82, 2.24) is 29.9 Å². The van der Waals surface area contributed by atoms with Crippen molar-refractivity contribution in [2.24, 2.45) is 0 Å². The second-order valence-electron chi connectivity index (χ2n) is 7.01. The van der Waals surface area contributed by atoms with Crippen LogP contribution >= 0.6 is 0 Å². The summed E-state index contributed by atoms with van der Waals surface area (Å²) >= 11 is 0. The molecule has 0 bridgehead atoms. The van der Waals surface area contributed by atoms with E-state index < -0.39 is 6.11 Å². The highest BCUT2D eigenvalue weighted by molar-refractivity contribution is 5.57. The molecule has 10 heteroatoms. The number of rotatable bonds is 7. The van der Waals surface area contributed by atoms with Crippen molar-refractivity contribution in [2.45, 2.75) is 39.8 Å². The average molecular weight is 426 g/mol. The van der Waals surface area contributed by atoms with Gasteiger partial charge in [0.25, 0.3) is 5.89 Å². The van der Waals surface area contributed by atoms with Gasteiger partial charge in [-0.25, -0.2) is 9.67 Å². The van der Waals surface area contributed by atoms with E-state index in [2.05, 4.69) is 36.9 Å². The molecule has 0 saturated carbocycles. The molecule has 0 aliphatic rings. The molecular weight excluding hydrogens is 406 g/mol. The Morgan fingerprint density at radius 2 is 1.87 bits per heavy atom. The Bertz CT molecular complexity index is 1180. The van der Waals surface area contributed by atoms with Crippen molar-refractivity contribution in [3.05, 3.63) is 59.7 Å². The Morgan fingerprint density at radius 1 is 1.10 bits per heavy atom. The zero-order valence-electron chi connectivity index (χ0n) is 17.2. The van der Waals surface area contributed by atoms with Gasteiger partial charge in [-0.1, -0.05) is 12.1 Å². The SMILES string of the molecule is CCc1cc(Cn2nc(-c3nc(-c4ccc(OC(C)(F)F)cc4)no3)nc2C)ccn1. The lowest BCUT2D eigenvalue weighted by atomic mass is 10.2. The third-order valence-corrected chi connectivity index (χ3v) is 4.46. The molecule has 0 aliphatic carbocycles. The van der Waals surface area contributed by atoms with Crippen LogP contribution < -0.4 is 4.74 Å². The maximum Gasteiger partial charge on any atom is 0.394 e. The van der Waals surface area contributed by atoms with E-state index in [9.17, 15) is 8.78 Å². The smallest absolute Gasteiger partial charge is 0.394 e. The van der Waals surface area contributed by atoms with Crippen LogP contribution in [0.15, 0.2) is 47.1 Å². The van der Waals surface area contributed by atoms with Gasteiger partial charge < -0.3 is 9.26 Å². The van der Waals surface area contributed by atoms with Gasteiger partial charge >= 0.3 is 6.11 Å². The summed E-state index contributed by atoms with van der Waals surface area (Å²) < 4.78 is 37.5. The molecule has 0 atom stereocenters. The van der Waals surface area contributed by atoms with E-state index in [0.29, 0.717) is 36.5 Å². The number of alkyl halides is 2. The van der Waals surface area contributed by atoms with E-state index in [-0.39, 0.29) is 11.6 Å². The van der Waals surface area contributed by atoms with E-state index in [1.165, 1.54) is 12.1 Å². The van der Waals surface area contributed by atoms with Crippen LogP contribution in [0.3, 0.4) is 0 Å². The first-order valence-corrected chi connectivity index (χ1v) is 9.67. The van der Waals surface area contributed by atoms with E-state index >= 15 is 0 Å². The van der Waals surface area contributed by atoms with Crippen LogP contribution in [0, 0.1) is 6.92 Å². The van der Waals surface area contributed by atoms with E-state index in [1.807, 2.05) is 19.1 Å². The summed E-state index contributed by atoms with van der Waals surface area (Å²) in [6.07, 6.45) is -0.616. The molecule has 0 saturated heterocycles.